The number of hydrogen-bond donors (Lipinski definition) is 2. The third kappa shape index (κ3) is 4.33. The molecular formula is C28H29N3O4S. The van der Waals surface area contributed by atoms with E-state index in [0.717, 1.165) is 63.7 Å². The Bertz CT molecular complexity index is 1380. The van der Waals surface area contributed by atoms with Crippen LogP contribution in [0.15, 0.2) is 48.0 Å². The van der Waals surface area contributed by atoms with Gasteiger partial charge < -0.3 is 25.3 Å². The van der Waals surface area contributed by atoms with Crippen molar-refractivity contribution < 1.29 is 19.0 Å². The number of anilines is 2. The first-order valence-corrected chi connectivity index (χ1v) is 12.8. The number of fused-ring (bicyclic) bond motifs is 1. The number of aromatic nitrogens is 1. The Morgan fingerprint density at radius 3 is 2.25 bits per heavy atom. The van der Waals surface area contributed by atoms with Crippen LogP contribution in [-0.2, 0) is 4.79 Å². The van der Waals surface area contributed by atoms with E-state index in [9.17, 15) is 4.79 Å². The summed E-state index contributed by atoms with van der Waals surface area (Å²) in [5.41, 5.74) is 11.0. The van der Waals surface area contributed by atoms with Crippen LogP contribution in [0.25, 0.3) is 32.3 Å². The van der Waals surface area contributed by atoms with Gasteiger partial charge in [0.15, 0.2) is 11.5 Å². The SMILES string of the molecule is COc1cc(-c2cnc(N)c3c(-c4ccc(NC(=O)C5CCCC5)cc4)csc23)cc(OC)c1OC. The van der Waals surface area contributed by atoms with Gasteiger partial charge in [0.1, 0.15) is 5.82 Å². The van der Waals surface area contributed by atoms with Gasteiger partial charge in [-0.05, 0) is 53.6 Å². The minimum absolute atomic E-state index is 0.115. The number of ether oxygens (including phenoxy) is 3. The Labute approximate surface area is 214 Å². The van der Waals surface area contributed by atoms with Crippen molar-refractivity contribution in [3.63, 3.8) is 0 Å². The van der Waals surface area contributed by atoms with Crippen molar-refractivity contribution in [3.05, 3.63) is 48.0 Å². The maximum absolute atomic E-state index is 12.5. The highest BCUT2D eigenvalue weighted by molar-refractivity contribution is 7.18. The van der Waals surface area contributed by atoms with Crippen LogP contribution in [0.5, 0.6) is 17.2 Å². The van der Waals surface area contributed by atoms with Gasteiger partial charge in [0.05, 0.1) is 21.3 Å². The molecule has 1 saturated carbocycles. The van der Waals surface area contributed by atoms with Crippen LogP contribution in [0.3, 0.4) is 0 Å². The highest BCUT2D eigenvalue weighted by atomic mass is 32.1. The van der Waals surface area contributed by atoms with Crippen LogP contribution in [-0.4, -0.2) is 32.2 Å². The molecule has 1 aliphatic carbocycles. The number of amides is 1. The predicted molar refractivity (Wildman–Crippen MR) is 145 cm³/mol. The van der Waals surface area contributed by atoms with Crippen LogP contribution in [0.4, 0.5) is 11.5 Å². The lowest BCUT2D eigenvalue weighted by Crippen LogP contribution is -2.20. The fourth-order valence-corrected chi connectivity index (χ4v) is 6.01. The Balaban J connectivity index is 1.51. The molecule has 5 rings (SSSR count). The molecule has 1 aliphatic rings. The molecule has 0 radical (unpaired) electrons. The molecule has 7 nitrogen and oxygen atoms in total. The first-order valence-electron chi connectivity index (χ1n) is 11.9. The lowest BCUT2D eigenvalue weighted by molar-refractivity contribution is -0.119. The zero-order valence-electron chi connectivity index (χ0n) is 20.6. The molecule has 2 heterocycles. The van der Waals surface area contributed by atoms with Gasteiger partial charge in [0, 0.05) is 39.0 Å². The van der Waals surface area contributed by atoms with Crippen molar-refractivity contribution in [2.24, 2.45) is 5.92 Å². The van der Waals surface area contributed by atoms with E-state index in [0.29, 0.717) is 23.1 Å². The van der Waals surface area contributed by atoms with Crippen LogP contribution in [0.1, 0.15) is 25.7 Å². The Kier molecular flexibility index (Phi) is 6.69. The van der Waals surface area contributed by atoms with E-state index in [-0.39, 0.29) is 11.8 Å². The largest absolute Gasteiger partial charge is 0.493 e. The fourth-order valence-electron chi connectivity index (χ4n) is 4.89. The third-order valence-corrected chi connectivity index (χ3v) is 7.80. The quantitative estimate of drug-likeness (QED) is 0.304. The maximum atomic E-state index is 12.5. The van der Waals surface area contributed by atoms with E-state index in [2.05, 4.69) is 15.7 Å². The number of hydrogen-bond acceptors (Lipinski definition) is 7. The van der Waals surface area contributed by atoms with E-state index < -0.39 is 0 Å². The Hall–Kier alpha value is -3.78. The van der Waals surface area contributed by atoms with Gasteiger partial charge in [0.25, 0.3) is 0 Å². The number of nitrogens with zero attached hydrogens (tertiary/aromatic N) is 1. The number of methoxy groups -OCH3 is 3. The first kappa shape index (κ1) is 23.9. The monoisotopic (exact) mass is 503 g/mol. The third-order valence-electron chi connectivity index (χ3n) is 6.79. The summed E-state index contributed by atoms with van der Waals surface area (Å²) >= 11 is 1.61. The number of pyridine rings is 1. The molecule has 0 bridgehead atoms. The summed E-state index contributed by atoms with van der Waals surface area (Å²) in [5, 5.41) is 6.05. The number of benzene rings is 2. The van der Waals surface area contributed by atoms with Crippen LogP contribution < -0.4 is 25.3 Å². The lowest BCUT2D eigenvalue weighted by atomic mass is 10.0. The number of nitrogen functional groups attached to an aromatic ring is 1. The summed E-state index contributed by atoms with van der Waals surface area (Å²) in [6.07, 6.45) is 6.00. The predicted octanol–water partition coefficient (Wildman–Crippen LogP) is 6.37. The number of nitrogens with two attached hydrogens (primary N) is 1. The van der Waals surface area contributed by atoms with E-state index in [1.807, 2.05) is 36.4 Å². The van der Waals surface area contributed by atoms with Gasteiger partial charge in [-0.3, -0.25) is 4.79 Å². The molecule has 0 atom stereocenters. The molecule has 2 aromatic heterocycles. The highest BCUT2D eigenvalue weighted by Gasteiger charge is 2.23. The second-order valence-corrected chi connectivity index (χ2v) is 9.75. The molecule has 186 valence electrons. The molecule has 8 heteroatoms. The number of nitrogens with one attached hydrogen (secondary N) is 1. The Morgan fingerprint density at radius 2 is 1.64 bits per heavy atom. The van der Waals surface area contributed by atoms with E-state index in [1.165, 1.54) is 0 Å². The van der Waals surface area contributed by atoms with Gasteiger partial charge in [-0.25, -0.2) is 4.98 Å². The molecule has 3 N–H and O–H groups in total. The van der Waals surface area contributed by atoms with E-state index in [4.69, 9.17) is 19.9 Å². The molecule has 2 aromatic carbocycles. The van der Waals surface area contributed by atoms with Gasteiger partial charge in [-0.15, -0.1) is 11.3 Å². The fraction of sp³-hybridized carbons (Fsp3) is 0.286. The standard InChI is InChI=1S/C28H29N3O4S/c1-33-22-12-18(13-23(34-2)25(22)35-3)20-14-30-27(29)24-21(15-36-26(20)24)16-8-10-19(11-9-16)31-28(32)17-6-4-5-7-17/h8-15,17H,4-7H2,1-3H3,(H2,29,30)(H,31,32). The second-order valence-electron chi connectivity index (χ2n) is 8.87. The van der Waals surface area contributed by atoms with Crippen molar-refractivity contribution in [2.75, 3.05) is 32.4 Å². The summed E-state index contributed by atoms with van der Waals surface area (Å²) in [6, 6.07) is 11.7. The van der Waals surface area contributed by atoms with Crippen molar-refractivity contribution in [3.8, 4) is 39.5 Å². The number of carbonyl (C=O) groups excluding carboxylic acids is 1. The summed E-state index contributed by atoms with van der Waals surface area (Å²) in [6.45, 7) is 0. The normalized spacial score (nSPS) is 13.6. The smallest absolute Gasteiger partial charge is 0.227 e. The van der Waals surface area contributed by atoms with Gasteiger partial charge in [-0.1, -0.05) is 25.0 Å². The lowest BCUT2D eigenvalue weighted by Gasteiger charge is -2.15. The van der Waals surface area contributed by atoms with E-state index in [1.54, 1.807) is 38.9 Å². The summed E-state index contributed by atoms with van der Waals surface area (Å²) < 4.78 is 17.6. The Morgan fingerprint density at radius 1 is 0.972 bits per heavy atom. The molecule has 0 aliphatic heterocycles. The van der Waals surface area contributed by atoms with Gasteiger partial charge in [-0.2, -0.15) is 0 Å². The minimum atomic E-state index is 0.115. The van der Waals surface area contributed by atoms with Crippen molar-refractivity contribution >= 4 is 38.8 Å². The zero-order chi connectivity index (χ0) is 25.2. The van der Waals surface area contributed by atoms with Crippen LogP contribution in [0, 0.1) is 5.92 Å². The molecule has 36 heavy (non-hydrogen) atoms. The van der Waals surface area contributed by atoms with Crippen LogP contribution >= 0.6 is 11.3 Å². The summed E-state index contributed by atoms with van der Waals surface area (Å²) in [5.74, 6) is 2.40. The summed E-state index contributed by atoms with van der Waals surface area (Å²) in [4.78, 5) is 17.0. The number of thiophene rings is 1. The van der Waals surface area contributed by atoms with E-state index >= 15 is 0 Å². The molecule has 0 saturated heterocycles. The van der Waals surface area contributed by atoms with Crippen molar-refractivity contribution in [1.82, 2.24) is 4.98 Å². The topological polar surface area (TPSA) is 95.7 Å². The summed E-state index contributed by atoms with van der Waals surface area (Å²) in [7, 11) is 4.78. The minimum Gasteiger partial charge on any atom is -0.493 e. The number of rotatable bonds is 7. The second kappa shape index (κ2) is 10.1. The molecule has 4 aromatic rings. The zero-order valence-corrected chi connectivity index (χ0v) is 21.4. The maximum Gasteiger partial charge on any atom is 0.227 e. The van der Waals surface area contributed by atoms with Crippen molar-refractivity contribution in [2.45, 2.75) is 25.7 Å². The molecule has 0 unspecified atom stereocenters. The van der Waals surface area contributed by atoms with Crippen LogP contribution in [0.2, 0.25) is 0 Å². The average Bonchev–Trinajstić information content (AvgIpc) is 3.60. The molecule has 1 amide bonds. The molecule has 1 fully saturated rings. The van der Waals surface area contributed by atoms with Gasteiger partial charge >= 0.3 is 0 Å². The van der Waals surface area contributed by atoms with Gasteiger partial charge in [0.2, 0.25) is 11.7 Å². The number of carbonyl (C=O) groups is 1. The van der Waals surface area contributed by atoms with Crippen molar-refractivity contribution in [1.29, 1.82) is 0 Å². The molecular weight excluding hydrogens is 474 g/mol. The highest BCUT2D eigenvalue weighted by Crippen LogP contribution is 2.46. The molecule has 0 spiro atoms. The average molecular weight is 504 g/mol. The first-order chi connectivity index (χ1) is 17.5.